The van der Waals surface area contributed by atoms with Crippen LogP contribution in [0.5, 0.6) is 0 Å². The maximum Gasteiger partial charge on any atom is 0.253 e. The van der Waals surface area contributed by atoms with Gasteiger partial charge in [-0.15, -0.1) is 0 Å². The van der Waals surface area contributed by atoms with Crippen molar-refractivity contribution in [2.24, 2.45) is 5.41 Å². The third-order valence-corrected chi connectivity index (χ3v) is 4.94. The fraction of sp³-hybridized carbons (Fsp3) is 0.650. The van der Waals surface area contributed by atoms with Crippen molar-refractivity contribution in [3.63, 3.8) is 0 Å². The normalized spacial score (nSPS) is 21.9. The molecule has 0 aliphatic carbocycles. The number of aryl methyl sites for hydroxylation is 1. The van der Waals surface area contributed by atoms with Gasteiger partial charge in [-0.1, -0.05) is 19.1 Å². The molecule has 0 saturated carbocycles. The molecule has 4 heteroatoms. The van der Waals surface area contributed by atoms with E-state index >= 15 is 0 Å². The fourth-order valence-corrected chi connectivity index (χ4v) is 3.53. The van der Waals surface area contributed by atoms with Crippen molar-refractivity contribution in [2.45, 2.75) is 45.6 Å². The molecule has 2 rings (SSSR count). The third-order valence-electron chi connectivity index (χ3n) is 4.94. The Morgan fingerprint density at radius 1 is 1.33 bits per heavy atom. The minimum atomic E-state index is -0.654. The second-order valence-electron chi connectivity index (χ2n) is 8.47. The van der Waals surface area contributed by atoms with Gasteiger partial charge in [0.15, 0.2) is 0 Å². The van der Waals surface area contributed by atoms with E-state index in [2.05, 4.69) is 18.9 Å². The van der Waals surface area contributed by atoms with Gasteiger partial charge in [-0.25, -0.2) is 0 Å². The number of likely N-dealkylation sites (tertiary alicyclic amines) is 1. The monoisotopic (exact) mass is 332 g/mol. The van der Waals surface area contributed by atoms with Gasteiger partial charge in [-0.2, -0.15) is 0 Å². The van der Waals surface area contributed by atoms with E-state index in [0.29, 0.717) is 6.42 Å². The summed E-state index contributed by atoms with van der Waals surface area (Å²) in [5, 5.41) is 9.81. The Morgan fingerprint density at radius 3 is 2.46 bits per heavy atom. The first-order valence-electron chi connectivity index (χ1n) is 8.83. The van der Waals surface area contributed by atoms with Gasteiger partial charge in [0.25, 0.3) is 5.91 Å². The maximum absolute atomic E-state index is 12.7. The highest BCUT2D eigenvalue weighted by Gasteiger charge is 2.34. The van der Waals surface area contributed by atoms with Crippen LogP contribution in [-0.2, 0) is 6.42 Å². The molecule has 4 nitrogen and oxygen atoms in total. The van der Waals surface area contributed by atoms with Crippen LogP contribution in [0.2, 0.25) is 0 Å². The zero-order valence-electron chi connectivity index (χ0n) is 15.8. The molecule has 1 fully saturated rings. The van der Waals surface area contributed by atoms with Crippen molar-refractivity contribution in [1.82, 2.24) is 9.80 Å². The molecule has 1 aliphatic rings. The summed E-state index contributed by atoms with van der Waals surface area (Å²) < 4.78 is 0. The molecule has 1 atom stereocenters. The molecule has 1 aromatic carbocycles. The summed E-state index contributed by atoms with van der Waals surface area (Å²) in [6.45, 7) is 8.84. The van der Waals surface area contributed by atoms with Gasteiger partial charge in [0.05, 0.1) is 5.60 Å². The van der Waals surface area contributed by atoms with E-state index in [1.54, 1.807) is 0 Å². The quantitative estimate of drug-likeness (QED) is 0.871. The van der Waals surface area contributed by atoms with E-state index in [4.69, 9.17) is 0 Å². The lowest BCUT2D eigenvalue weighted by atomic mass is 9.89. The summed E-state index contributed by atoms with van der Waals surface area (Å²) in [5.41, 5.74) is 1.42. The van der Waals surface area contributed by atoms with Crippen LogP contribution in [0.25, 0.3) is 0 Å². The molecule has 0 bridgehead atoms. The van der Waals surface area contributed by atoms with Gasteiger partial charge < -0.3 is 14.9 Å². The lowest BCUT2D eigenvalue weighted by Gasteiger charge is -2.30. The van der Waals surface area contributed by atoms with E-state index in [-0.39, 0.29) is 11.3 Å². The summed E-state index contributed by atoms with van der Waals surface area (Å²) >= 11 is 0. The van der Waals surface area contributed by atoms with Crippen LogP contribution in [0, 0.1) is 5.41 Å². The Hall–Kier alpha value is -1.39. The van der Waals surface area contributed by atoms with E-state index < -0.39 is 5.60 Å². The molecular weight excluding hydrogens is 300 g/mol. The number of hydrogen-bond donors (Lipinski definition) is 1. The second-order valence-corrected chi connectivity index (χ2v) is 8.47. The molecule has 1 unspecified atom stereocenters. The van der Waals surface area contributed by atoms with Gasteiger partial charge in [0.1, 0.15) is 0 Å². The zero-order chi connectivity index (χ0) is 18.0. The predicted octanol–water partition coefficient (Wildman–Crippen LogP) is 2.80. The number of carbonyl (C=O) groups is 1. The molecule has 134 valence electrons. The molecule has 1 aromatic rings. The summed E-state index contributed by atoms with van der Waals surface area (Å²) in [5.74, 6) is 0.0832. The second kappa shape index (κ2) is 7.24. The average Bonchev–Trinajstić information content (AvgIpc) is 2.83. The topological polar surface area (TPSA) is 43.8 Å². The summed E-state index contributed by atoms with van der Waals surface area (Å²) in [6, 6.07) is 7.80. The summed E-state index contributed by atoms with van der Waals surface area (Å²) in [4.78, 5) is 16.8. The van der Waals surface area contributed by atoms with Crippen LogP contribution >= 0.6 is 0 Å². The highest BCUT2D eigenvalue weighted by atomic mass is 16.3. The minimum absolute atomic E-state index is 0.0832. The Kier molecular flexibility index (Phi) is 5.71. The van der Waals surface area contributed by atoms with E-state index in [0.717, 1.165) is 43.6 Å². The Bertz CT molecular complexity index is 562. The average molecular weight is 332 g/mol. The van der Waals surface area contributed by atoms with Crippen molar-refractivity contribution in [3.05, 3.63) is 35.4 Å². The molecular formula is C20H32N2O2. The molecule has 1 N–H and O–H groups in total. The number of benzene rings is 1. The lowest BCUT2D eigenvalue weighted by Crippen LogP contribution is -2.38. The highest BCUT2D eigenvalue weighted by Crippen LogP contribution is 2.30. The van der Waals surface area contributed by atoms with Crippen LogP contribution in [0.4, 0.5) is 0 Å². The zero-order valence-corrected chi connectivity index (χ0v) is 15.8. The number of hydrogen-bond acceptors (Lipinski definition) is 3. The third kappa shape index (κ3) is 5.32. The first-order chi connectivity index (χ1) is 11.1. The number of carbonyl (C=O) groups excluding carboxylic acids is 1. The van der Waals surface area contributed by atoms with Gasteiger partial charge in [-0.05, 0) is 69.8 Å². The first kappa shape index (κ1) is 18.9. The number of nitrogens with zero attached hydrogens (tertiary/aromatic N) is 2. The maximum atomic E-state index is 12.7. The smallest absolute Gasteiger partial charge is 0.253 e. The van der Waals surface area contributed by atoms with Crippen molar-refractivity contribution in [3.8, 4) is 0 Å². The molecule has 0 aromatic heterocycles. The Labute approximate surface area is 146 Å². The molecule has 0 spiro atoms. The molecule has 1 amide bonds. The Balaban J connectivity index is 1.94. The largest absolute Gasteiger partial charge is 0.390 e. The molecule has 1 aliphatic heterocycles. The van der Waals surface area contributed by atoms with Crippen LogP contribution in [0.15, 0.2) is 24.3 Å². The molecule has 1 heterocycles. The van der Waals surface area contributed by atoms with Crippen LogP contribution in [0.1, 0.15) is 49.5 Å². The molecule has 1 saturated heterocycles. The Morgan fingerprint density at radius 2 is 1.96 bits per heavy atom. The highest BCUT2D eigenvalue weighted by molar-refractivity contribution is 5.94. The van der Waals surface area contributed by atoms with Crippen molar-refractivity contribution >= 4 is 5.91 Å². The van der Waals surface area contributed by atoms with Gasteiger partial charge in [-0.3, -0.25) is 4.79 Å². The number of rotatable bonds is 6. The lowest BCUT2D eigenvalue weighted by molar-refractivity contribution is 0.0710. The van der Waals surface area contributed by atoms with Gasteiger partial charge in [0, 0.05) is 25.7 Å². The van der Waals surface area contributed by atoms with Crippen molar-refractivity contribution < 1.29 is 9.90 Å². The van der Waals surface area contributed by atoms with Crippen LogP contribution < -0.4 is 0 Å². The van der Waals surface area contributed by atoms with E-state index in [1.165, 1.54) is 0 Å². The van der Waals surface area contributed by atoms with Crippen molar-refractivity contribution in [1.29, 1.82) is 0 Å². The number of aliphatic hydroxyl groups is 1. The standard InChI is InChI=1S/C20H32N2O2/c1-19(2,24)11-10-16-6-8-17(9-7-16)18(23)22(5)15-20(3)12-13-21(4)14-20/h6-9,24H,10-15H2,1-5H3. The van der Waals surface area contributed by atoms with Gasteiger partial charge in [0.2, 0.25) is 0 Å². The minimum Gasteiger partial charge on any atom is -0.390 e. The SMILES string of the molecule is CN1CCC(C)(CN(C)C(=O)c2ccc(CCC(C)(C)O)cc2)C1. The predicted molar refractivity (Wildman–Crippen MR) is 98.2 cm³/mol. The summed E-state index contributed by atoms with van der Waals surface area (Å²) in [7, 11) is 4.04. The molecule has 24 heavy (non-hydrogen) atoms. The van der Waals surface area contributed by atoms with E-state index in [9.17, 15) is 9.90 Å². The number of amides is 1. The fourth-order valence-electron chi connectivity index (χ4n) is 3.53. The summed E-state index contributed by atoms with van der Waals surface area (Å²) in [6.07, 6.45) is 2.67. The first-order valence-corrected chi connectivity index (χ1v) is 8.83. The van der Waals surface area contributed by atoms with Crippen LogP contribution in [0.3, 0.4) is 0 Å². The molecule has 0 radical (unpaired) electrons. The van der Waals surface area contributed by atoms with E-state index in [1.807, 2.05) is 50.1 Å². The van der Waals surface area contributed by atoms with Crippen LogP contribution in [-0.4, -0.2) is 60.1 Å². The van der Waals surface area contributed by atoms with Gasteiger partial charge >= 0.3 is 0 Å². The van der Waals surface area contributed by atoms with Crippen molar-refractivity contribution in [2.75, 3.05) is 33.7 Å².